The fraction of sp³-hybridized carbons (Fsp3) is 0.250. The Hall–Kier alpha value is -1.11. The maximum Gasteiger partial charge on any atom is 0.389 e. The maximum absolute atomic E-state index is 12.2. The van der Waals surface area contributed by atoms with Gasteiger partial charge in [-0.15, -0.1) is 4.98 Å². The summed E-state index contributed by atoms with van der Waals surface area (Å²) in [4.78, 5) is 8.77. The Balaban J connectivity index is 2.85. The van der Waals surface area contributed by atoms with Crippen LogP contribution in [0.2, 0.25) is 5.28 Å². The number of rotatable bonds is 2. The average Bonchev–Trinajstić information content (AvgIpc) is 1.81. The van der Waals surface area contributed by atoms with E-state index in [-0.39, 0.29) is 0 Å². The molecule has 4 nitrogen and oxygen atoms in total. The lowest BCUT2D eigenvalue weighted by Crippen LogP contribution is -2.07. The van der Waals surface area contributed by atoms with Crippen molar-refractivity contribution in [1.82, 2.24) is 15.0 Å². The quantitative estimate of drug-likeness (QED) is 0.720. The van der Waals surface area contributed by atoms with Gasteiger partial charge in [-0.1, -0.05) is 0 Å². The van der Waals surface area contributed by atoms with Gasteiger partial charge in [0.2, 0.25) is 5.28 Å². The van der Waals surface area contributed by atoms with Crippen LogP contribution in [0.1, 0.15) is 0 Å². The van der Waals surface area contributed by atoms with Gasteiger partial charge in [-0.2, -0.15) is 23.1 Å². The molecule has 0 atom stereocenters. The summed E-state index contributed by atoms with van der Waals surface area (Å²) in [6, 6.07) is -0.845. The monoisotopic (exact) mass is 199 g/mol. The van der Waals surface area contributed by atoms with Crippen LogP contribution in [0.25, 0.3) is 0 Å². The second kappa shape index (κ2) is 3.53. The van der Waals surface area contributed by atoms with Crippen molar-refractivity contribution in [3.8, 4) is 6.01 Å². The minimum absolute atomic E-state index is 0.543. The normalized spacial score (nSPS) is 10.4. The molecule has 12 heavy (non-hydrogen) atoms. The van der Waals surface area contributed by atoms with Crippen molar-refractivity contribution in [2.45, 2.75) is 6.61 Å². The summed E-state index contributed by atoms with van der Waals surface area (Å²) >= 11 is 5.11. The number of aromatic nitrogens is 3. The van der Waals surface area contributed by atoms with E-state index in [1.165, 1.54) is 0 Å². The zero-order valence-electron chi connectivity index (χ0n) is 5.34. The highest BCUT2D eigenvalue weighted by molar-refractivity contribution is 6.28. The topological polar surface area (TPSA) is 47.9 Å². The fourth-order valence-electron chi connectivity index (χ4n) is 0.441. The first kappa shape index (κ1) is 8.98. The number of alkyl halides is 2. The van der Waals surface area contributed by atoms with Gasteiger partial charge >= 0.3 is 18.7 Å². The van der Waals surface area contributed by atoms with Crippen molar-refractivity contribution < 1.29 is 17.9 Å². The van der Waals surface area contributed by atoms with E-state index < -0.39 is 24.0 Å². The maximum atomic E-state index is 12.2. The molecule has 1 heterocycles. The van der Waals surface area contributed by atoms with E-state index in [9.17, 15) is 13.2 Å². The molecule has 0 N–H and O–H groups in total. The standard InChI is InChI=1S/C4HClF3N3O/c5-1-9-3(8)11-4(10-1)12-2(6)7/h2H. The van der Waals surface area contributed by atoms with Gasteiger partial charge in [-0.05, 0) is 11.6 Å². The van der Waals surface area contributed by atoms with Crippen LogP contribution in [-0.4, -0.2) is 21.6 Å². The summed E-state index contributed by atoms with van der Waals surface area (Å²) in [7, 11) is 0. The third kappa shape index (κ3) is 2.50. The predicted molar refractivity (Wildman–Crippen MR) is 31.4 cm³/mol. The van der Waals surface area contributed by atoms with Crippen LogP contribution in [0.5, 0.6) is 6.01 Å². The van der Waals surface area contributed by atoms with Gasteiger partial charge in [-0.3, -0.25) is 0 Å². The summed E-state index contributed by atoms with van der Waals surface area (Å²) < 4.78 is 38.9. The first-order valence-corrected chi connectivity index (χ1v) is 2.97. The van der Waals surface area contributed by atoms with Gasteiger partial charge in [0.05, 0.1) is 0 Å². The van der Waals surface area contributed by atoms with Gasteiger partial charge in [0.25, 0.3) is 0 Å². The molecule has 0 aliphatic heterocycles. The van der Waals surface area contributed by atoms with E-state index in [2.05, 4.69) is 19.7 Å². The molecule has 0 unspecified atom stereocenters. The van der Waals surface area contributed by atoms with Crippen molar-refractivity contribution in [1.29, 1.82) is 0 Å². The van der Waals surface area contributed by atoms with Gasteiger partial charge in [0.15, 0.2) is 0 Å². The van der Waals surface area contributed by atoms with E-state index in [0.29, 0.717) is 0 Å². The molecule has 1 aromatic heterocycles. The molecular formula is C4HClF3N3O. The van der Waals surface area contributed by atoms with Crippen molar-refractivity contribution in [2.24, 2.45) is 0 Å². The van der Waals surface area contributed by atoms with E-state index in [1.54, 1.807) is 0 Å². The smallest absolute Gasteiger partial charge is 0.389 e. The highest BCUT2D eigenvalue weighted by Crippen LogP contribution is 2.09. The third-order valence-corrected chi connectivity index (χ3v) is 0.924. The number of ether oxygens (including phenoxy) is 1. The van der Waals surface area contributed by atoms with Crippen LogP contribution in [0.4, 0.5) is 13.2 Å². The Labute approximate surface area is 69.4 Å². The molecule has 0 fully saturated rings. The minimum atomic E-state index is -3.12. The number of halogens is 4. The summed E-state index contributed by atoms with van der Waals surface area (Å²) in [6.45, 7) is -3.12. The first-order chi connectivity index (χ1) is 5.58. The Bertz CT molecular complexity index is 264. The van der Waals surface area contributed by atoms with E-state index in [1.807, 2.05) is 0 Å². The lowest BCUT2D eigenvalue weighted by atomic mass is 11.0. The SMILES string of the molecule is Fc1nc(Cl)nc(OC(F)F)n1. The third-order valence-electron chi connectivity index (χ3n) is 0.755. The second-order valence-electron chi connectivity index (χ2n) is 1.53. The molecule has 0 aliphatic carbocycles. The number of hydrogen-bond donors (Lipinski definition) is 0. The summed E-state index contributed by atoms with van der Waals surface area (Å²) in [5, 5.41) is -0.543. The zero-order chi connectivity index (χ0) is 9.14. The highest BCUT2D eigenvalue weighted by Gasteiger charge is 2.10. The predicted octanol–water partition coefficient (Wildman–Crippen LogP) is 1.27. The molecule has 0 aliphatic rings. The Morgan fingerprint density at radius 1 is 1.25 bits per heavy atom. The minimum Gasteiger partial charge on any atom is -0.401 e. The first-order valence-electron chi connectivity index (χ1n) is 2.60. The van der Waals surface area contributed by atoms with Gasteiger partial charge in [0.1, 0.15) is 0 Å². The summed E-state index contributed by atoms with van der Waals surface area (Å²) in [5.41, 5.74) is 0. The van der Waals surface area contributed by atoms with Gasteiger partial charge in [-0.25, -0.2) is 0 Å². The second-order valence-corrected chi connectivity index (χ2v) is 1.87. The lowest BCUT2D eigenvalue weighted by Gasteiger charge is -2.00. The number of nitrogens with zero attached hydrogens (tertiary/aromatic N) is 3. The van der Waals surface area contributed by atoms with Crippen molar-refractivity contribution in [3.05, 3.63) is 11.4 Å². The van der Waals surface area contributed by atoms with Crippen LogP contribution >= 0.6 is 11.6 Å². The van der Waals surface area contributed by atoms with Crippen molar-refractivity contribution in [3.63, 3.8) is 0 Å². The Morgan fingerprint density at radius 3 is 2.42 bits per heavy atom. The average molecular weight is 200 g/mol. The van der Waals surface area contributed by atoms with Crippen molar-refractivity contribution in [2.75, 3.05) is 0 Å². The Morgan fingerprint density at radius 2 is 1.92 bits per heavy atom. The van der Waals surface area contributed by atoms with Crippen LogP contribution in [-0.2, 0) is 0 Å². The molecule has 8 heteroatoms. The van der Waals surface area contributed by atoms with Crippen LogP contribution < -0.4 is 4.74 Å². The van der Waals surface area contributed by atoms with Crippen LogP contribution in [0.3, 0.4) is 0 Å². The van der Waals surface area contributed by atoms with Gasteiger partial charge in [0, 0.05) is 0 Å². The molecule has 0 amide bonds. The van der Waals surface area contributed by atoms with E-state index in [4.69, 9.17) is 11.6 Å². The van der Waals surface area contributed by atoms with Crippen LogP contribution in [0, 0.1) is 6.08 Å². The number of hydrogen-bond acceptors (Lipinski definition) is 4. The van der Waals surface area contributed by atoms with Crippen LogP contribution in [0.15, 0.2) is 0 Å². The highest BCUT2D eigenvalue weighted by atomic mass is 35.5. The lowest BCUT2D eigenvalue weighted by molar-refractivity contribution is -0.0567. The summed E-state index contributed by atoms with van der Waals surface area (Å²) in [6.07, 6.45) is -1.27. The van der Waals surface area contributed by atoms with E-state index in [0.717, 1.165) is 0 Å². The Kier molecular flexibility index (Phi) is 2.64. The molecule has 0 saturated heterocycles. The van der Waals surface area contributed by atoms with Crippen molar-refractivity contribution >= 4 is 11.6 Å². The summed E-state index contributed by atoms with van der Waals surface area (Å²) in [5.74, 6) is 0. The molecule has 0 saturated carbocycles. The molecule has 0 aromatic carbocycles. The molecule has 1 rings (SSSR count). The molecular weight excluding hydrogens is 199 g/mol. The zero-order valence-corrected chi connectivity index (χ0v) is 6.10. The molecule has 0 bridgehead atoms. The molecule has 66 valence electrons. The van der Waals surface area contributed by atoms with Gasteiger partial charge < -0.3 is 4.74 Å². The molecule has 1 aromatic rings. The van der Waals surface area contributed by atoms with E-state index >= 15 is 0 Å². The molecule has 0 spiro atoms. The largest absolute Gasteiger partial charge is 0.401 e. The fourth-order valence-corrected chi connectivity index (χ4v) is 0.583. The molecule has 0 radical (unpaired) electrons.